The zero-order valence-electron chi connectivity index (χ0n) is 17.1. The van der Waals surface area contributed by atoms with Crippen LogP contribution in [-0.4, -0.2) is 39.8 Å². The third-order valence-electron chi connectivity index (χ3n) is 4.96. The summed E-state index contributed by atoms with van der Waals surface area (Å²) in [4.78, 5) is 11.8. The van der Waals surface area contributed by atoms with Gasteiger partial charge in [-0.15, -0.1) is 0 Å². The van der Waals surface area contributed by atoms with Crippen LogP contribution in [-0.2, 0) is 17.5 Å². The van der Waals surface area contributed by atoms with Crippen LogP contribution in [0, 0.1) is 11.3 Å². The number of benzene rings is 1. The van der Waals surface area contributed by atoms with Crippen molar-refractivity contribution >= 4 is 17.6 Å². The topological polar surface area (TPSA) is 72.8 Å². The average molecular weight is 509 g/mol. The highest BCUT2D eigenvalue weighted by Crippen LogP contribution is 2.53. The second kappa shape index (κ2) is 8.35. The van der Waals surface area contributed by atoms with Crippen LogP contribution in [0.1, 0.15) is 21.6 Å². The number of carbonyl (C=O) groups excluding carboxylic acids is 1. The Kier molecular flexibility index (Phi) is 6.17. The van der Waals surface area contributed by atoms with Crippen molar-refractivity contribution in [1.29, 1.82) is 5.26 Å². The van der Waals surface area contributed by atoms with Gasteiger partial charge in [-0.3, -0.25) is 0 Å². The number of nitriles is 1. The molecule has 2 heterocycles. The summed E-state index contributed by atoms with van der Waals surface area (Å²) in [5.74, 6) is -1.29. The van der Waals surface area contributed by atoms with Crippen molar-refractivity contribution in [3.8, 4) is 23.0 Å². The highest BCUT2D eigenvalue weighted by molar-refractivity contribution is 6.33. The molecule has 2 aromatic heterocycles. The van der Waals surface area contributed by atoms with E-state index in [9.17, 15) is 40.8 Å². The van der Waals surface area contributed by atoms with Crippen LogP contribution in [0.5, 0.6) is 0 Å². The molecule has 0 atom stereocenters. The Bertz CT molecular complexity index is 1290. The molecule has 0 N–H and O–H groups in total. The minimum Gasteiger partial charge on any atom is -0.465 e. The molecule has 0 aliphatic carbocycles. The molecular formula is C20H12ClF7N4O2. The summed E-state index contributed by atoms with van der Waals surface area (Å²) < 4.78 is 99.8. The van der Waals surface area contributed by atoms with Crippen LogP contribution < -0.4 is 0 Å². The van der Waals surface area contributed by atoms with Gasteiger partial charge in [-0.2, -0.15) is 36.7 Å². The van der Waals surface area contributed by atoms with E-state index in [1.54, 1.807) is 0 Å². The number of nitrogens with zero attached hydrogens (tertiary/aromatic N) is 4. The van der Waals surface area contributed by atoms with Crippen molar-refractivity contribution in [3.05, 3.63) is 58.5 Å². The smallest absolute Gasteiger partial charge is 0.437 e. The van der Waals surface area contributed by atoms with Gasteiger partial charge in [0.05, 0.1) is 35.2 Å². The van der Waals surface area contributed by atoms with Crippen molar-refractivity contribution in [2.24, 2.45) is 7.05 Å². The quantitative estimate of drug-likeness (QED) is 0.346. The molecule has 14 heteroatoms. The first-order valence-corrected chi connectivity index (χ1v) is 9.41. The second-order valence-corrected chi connectivity index (χ2v) is 7.36. The molecule has 0 aliphatic rings. The van der Waals surface area contributed by atoms with Gasteiger partial charge in [0.25, 0.3) is 0 Å². The molecule has 0 bridgehead atoms. The summed E-state index contributed by atoms with van der Waals surface area (Å²) in [5.41, 5.74) is -7.67. The zero-order chi connectivity index (χ0) is 25.6. The van der Waals surface area contributed by atoms with E-state index >= 15 is 0 Å². The number of hydrogen-bond donors (Lipinski definition) is 0. The lowest BCUT2D eigenvalue weighted by atomic mass is 10.00. The molecule has 0 unspecified atom stereocenters. The second-order valence-electron chi connectivity index (χ2n) is 6.95. The predicted molar refractivity (Wildman–Crippen MR) is 104 cm³/mol. The number of ether oxygens (including phenoxy) is 1. The van der Waals surface area contributed by atoms with E-state index in [2.05, 4.69) is 9.84 Å². The van der Waals surface area contributed by atoms with Gasteiger partial charge in [0.15, 0.2) is 5.82 Å². The monoisotopic (exact) mass is 508 g/mol. The standard InChI is InChI=1S/C20H12ClF7N4O2/c1-31-15(18(22,19(23,24)25)20(26,27)28)6-11(7-29)16(31)32-9-12(8-30-32)10-3-4-14(21)13(5-10)17(33)34-2/h3-6,8-9H,1-2H3. The van der Waals surface area contributed by atoms with E-state index in [0.29, 0.717) is 5.56 Å². The van der Waals surface area contributed by atoms with Crippen LogP contribution in [0.15, 0.2) is 36.7 Å². The van der Waals surface area contributed by atoms with Crippen LogP contribution >= 0.6 is 11.6 Å². The van der Waals surface area contributed by atoms with E-state index < -0.39 is 41.1 Å². The average Bonchev–Trinajstić information content (AvgIpc) is 3.35. The Hall–Kier alpha value is -3.53. The van der Waals surface area contributed by atoms with Gasteiger partial charge in [0.1, 0.15) is 6.07 Å². The molecule has 3 rings (SSSR count). The fourth-order valence-electron chi connectivity index (χ4n) is 3.29. The van der Waals surface area contributed by atoms with Crippen molar-refractivity contribution < 1.29 is 40.3 Å². The summed E-state index contributed by atoms with van der Waals surface area (Å²) in [7, 11) is 1.88. The van der Waals surface area contributed by atoms with E-state index in [0.717, 1.165) is 18.8 Å². The molecule has 6 nitrogen and oxygen atoms in total. The molecule has 34 heavy (non-hydrogen) atoms. The molecule has 0 aliphatic heterocycles. The number of alkyl halides is 7. The number of esters is 1. The number of hydrogen-bond acceptors (Lipinski definition) is 4. The van der Waals surface area contributed by atoms with E-state index in [1.807, 2.05) is 0 Å². The Morgan fingerprint density at radius 2 is 1.71 bits per heavy atom. The summed E-state index contributed by atoms with van der Waals surface area (Å²) in [6.07, 6.45) is -10.4. The van der Waals surface area contributed by atoms with Gasteiger partial charge in [0.2, 0.25) is 0 Å². The first-order valence-electron chi connectivity index (χ1n) is 9.03. The minimum absolute atomic E-state index is 0.00847. The number of rotatable bonds is 4. The molecule has 0 radical (unpaired) electrons. The summed E-state index contributed by atoms with van der Waals surface area (Å²) in [5, 5.41) is 13.3. The van der Waals surface area contributed by atoms with Gasteiger partial charge >= 0.3 is 24.0 Å². The Balaban J connectivity index is 2.17. The van der Waals surface area contributed by atoms with Gasteiger partial charge in [-0.1, -0.05) is 17.7 Å². The van der Waals surface area contributed by atoms with Gasteiger partial charge in [-0.25, -0.2) is 13.9 Å². The molecule has 3 aromatic rings. The molecule has 1 aromatic carbocycles. The van der Waals surface area contributed by atoms with Crippen LogP contribution in [0.3, 0.4) is 0 Å². The minimum atomic E-state index is -6.36. The van der Waals surface area contributed by atoms with Gasteiger partial charge in [-0.05, 0) is 23.8 Å². The Labute approximate surface area is 191 Å². The lowest BCUT2D eigenvalue weighted by molar-refractivity contribution is -0.350. The molecule has 0 amide bonds. The third kappa shape index (κ3) is 3.87. The van der Waals surface area contributed by atoms with Crippen molar-refractivity contribution in [3.63, 3.8) is 0 Å². The Morgan fingerprint density at radius 1 is 1.09 bits per heavy atom. The molecule has 0 saturated carbocycles. The fourth-order valence-corrected chi connectivity index (χ4v) is 3.49. The van der Waals surface area contributed by atoms with Gasteiger partial charge in [0, 0.05) is 18.8 Å². The lowest BCUT2D eigenvalue weighted by Gasteiger charge is -2.30. The maximum absolute atomic E-state index is 14.6. The summed E-state index contributed by atoms with van der Waals surface area (Å²) >= 11 is 5.96. The van der Waals surface area contributed by atoms with E-state index in [4.69, 9.17) is 11.6 Å². The normalized spacial score (nSPS) is 12.5. The maximum Gasteiger partial charge on any atom is 0.437 e. The summed E-state index contributed by atoms with van der Waals surface area (Å²) in [6, 6.07) is 5.80. The number of carbonyl (C=O) groups is 1. The molecule has 0 fully saturated rings. The molecule has 0 saturated heterocycles. The number of methoxy groups -OCH3 is 1. The number of aromatic nitrogens is 3. The van der Waals surface area contributed by atoms with Crippen LogP contribution in [0.4, 0.5) is 30.7 Å². The van der Waals surface area contributed by atoms with Crippen molar-refractivity contribution in [1.82, 2.24) is 14.3 Å². The fraction of sp³-hybridized carbons (Fsp3) is 0.250. The SMILES string of the molecule is COC(=O)c1cc(-c2cnn(-c3c(C#N)cc(C(F)(C(F)(F)F)C(F)(F)F)n3C)c2)ccc1Cl. The van der Waals surface area contributed by atoms with Crippen molar-refractivity contribution in [2.75, 3.05) is 7.11 Å². The largest absolute Gasteiger partial charge is 0.465 e. The lowest BCUT2D eigenvalue weighted by Crippen LogP contribution is -2.51. The zero-order valence-corrected chi connectivity index (χ0v) is 17.8. The Morgan fingerprint density at radius 3 is 2.24 bits per heavy atom. The van der Waals surface area contributed by atoms with Crippen LogP contribution in [0.2, 0.25) is 5.02 Å². The first-order chi connectivity index (χ1) is 15.7. The third-order valence-corrected chi connectivity index (χ3v) is 5.29. The first kappa shape index (κ1) is 25.1. The van der Waals surface area contributed by atoms with Crippen LogP contribution in [0.25, 0.3) is 16.9 Å². The van der Waals surface area contributed by atoms with E-state index in [-0.39, 0.29) is 26.8 Å². The van der Waals surface area contributed by atoms with E-state index in [1.165, 1.54) is 36.7 Å². The van der Waals surface area contributed by atoms with Gasteiger partial charge < -0.3 is 9.30 Å². The summed E-state index contributed by atoms with van der Waals surface area (Å²) in [6.45, 7) is 0. The molecule has 0 spiro atoms. The highest BCUT2D eigenvalue weighted by Gasteiger charge is 2.75. The highest BCUT2D eigenvalue weighted by atomic mass is 35.5. The number of halogens is 8. The molecular weight excluding hydrogens is 497 g/mol. The predicted octanol–water partition coefficient (Wildman–Crippen LogP) is 5.48. The molecule has 180 valence electrons. The maximum atomic E-state index is 14.6. The van der Waals surface area contributed by atoms with Crippen molar-refractivity contribution in [2.45, 2.75) is 18.0 Å².